The smallest absolute Gasteiger partial charge is 0.270 e. The number of hydrogen-bond donors (Lipinski definition) is 1. The fraction of sp³-hybridized carbons (Fsp3) is 0.235. The molecule has 2 heterocycles. The molecule has 0 saturated carbocycles. The molecular formula is C17H17ClN4O2. The van der Waals surface area contributed by atoms with E-state index in [-0.39, 0.29) is 11.9 Å². The lowest BCUT2D eigenvalue weighted by atomic mass is 10.1. The van der Waals surface area contributed by atoms with Crippen LogP contribution in [0.3, 0.4) is 0 Å². The number of aromatic nitrogens is 3. The summed E-state index contributed by atoms with van der Waals surface area (Å²) in [6.07, 6.45) is 1.68. The number of methoxy groups -OCH3 is 1. The highest BCUT2D eigenvalue weighted by Crippen LogP contribution is 2.22. The third kappa shape index (κ3) is 3.25. The van der Waals surface area contributed by atoms with Crippen LogP contribution in [-0.2, 0) is 11.8 Å². The predicted octanol–water partition coefficient (Wildman–Crippen LogP) is 2.74. The van der Waals surface area contributed by atoms with Crippen molar-refractivity contribution in [2.45, 2.75) is 6.04 Å². The Kier molecular flexibility index (Phi) is 4.78. The van der Waals surface area contributed by atoms with E-state index in [2.05, 4.69) is 15.4 Å². The third-order valence-corrected chi connectivity index (χ3v) is 4.06. The molecule has 0 saturated heterocycles. The molecule has 1 N–H and O–H groups in total. The van der Waals surface area contributed by atoms with Gasteiger partial charge >= 0.3 is 0 Å². The minimum atomic E-state index is -0.321. The molecule has 1 atom stereocenters. The van der Waals surface area contributed by atoms with E-state index in [1.165, 1.54) is 0 Å². The van der Waals surface area contributed by atoms with Gasteiger partial charge in [0.1, 0.15) is 5.69 Å². The van der Waals surface area contributed by atoms with Gasteiger partial charge in [-0.1, -0.05) is 29.8 Å². The molecule has 124 valence electrons. The molecule has 3 aromatic rings. The molecule has 0 spiro atoms. The van der Waals surface area contributed by atoms with Crippen LogP contribution < -0.4 is 5.32 Å². The number of rotatable bonds is 5. The molecule has 6 nitrogen and oxygen atoms in total. The van der Waals surface area contributed by atoms with Crippen LogP contribution >= 0.6 is 11.6 Å². The van der Waals surface area contributed by atoms with Gasteiger partial charge in [0.2, 0.25) is 0 Å². The number of amides is 1. The zero-order chi connectivity index (χ0) is 17.1. The summed E-state index contributed by atoms with van der Waals surface area (Å²) < 4.78 is 6.91. The van der Waals surface area contributed by atoms with Crippen molar-refractivity contribution in [1.29, 1.82) is 0 Å². The summed E-state index contributed by atoms with van der Waals surface area (Å²) in [5, 5.41) is 8.46. The highest BCUT2D eigenvalue weighted by atomic mass is 35.5. The van der Waals surface area contributed by atoms with Crippen LogP contribution in [-0.4, -0.2) is 34.4 Å². The molecular weight excluding hydrogens is 328 g/mol. The summed E-state index contributed by atoms with van der Waals surface area (Å²) in [6.45, 7) is 0.333. The predicted molar refractivity (Wildman–Crippen MR) is 92.0 cm³/mol. The molecule has 0 aliphatic rings. The van der Waals surface area contributed by atoms with E-state index in [4.69, 9.17) is 16.3 Å². The Morgan fingerprint density at radius 1 is 1.33 bits per heavy atom. The van der Waals surface area contributed by atoms with Crippen LogP contribution in [0.5, 0.6) is 0 Å². The largest absolute Gasteiger partial charge is 0.382 e. The Morgan fingerprint density at radius 3 is 2.88 bits per heavy atom. The van der Waals surface area contributed by atoms with Gasteiger partial charge in [0.15, 0.2) is 0 Å². The van der Waals surface area contributed by atoms with Crippen molar-refractivity contribution in [2.24, 2.45) is 7.05 Å². The molecule has 7 heteroatoms. The van der Waals surface area contributed by atoms with Crippen LogP contribution in [0.2, 0.25) is 5.02 Å². The summed E-state index contributed by atoms with van der Waals surface area (Å²) >= 11 is 6.17. The average Bonchev–Trinajstić information content (AvgIpc) is 3.00. The Hall–Kier alpha value is -2.44. The standard InChI is InChI=1S/C17H17ClN4O2/c1-22-15(8-9-19-22)14(10-24-2)21-17(23)13-7-6-11-4-3-5-12(18)16(11)20-13/h3-9,14H,10H2,1-2H3,(H,21,23)/t14-/m0/s1. The van der Waals surface area contributed by atoms with Gasteiger partial charge in [0.05, 0.1) is 28.9 Å². The number of nitrogens with one attached hydrogen (secondary N) is 1. The molecule has 0 bridgehead atoms. The van der Waals surface area contributed by atoms with Crippen molar-refractivity contribution in [2.75, 3.05) is 13.7 Å². The Morgan fingerprint density at radius 2 is 2.17 bits per heavy atom. The zero-order valence-electron chi connectivity index (χ0n) is 13.4. The van der Waals surface area contributed by atoms with Gasteiger partial charge in [-0.05, 0) is 18.2 Å². The van der Waals surface area contributed by atoms with Crippen molar-refractivity contribution in [3.63, 3.8) is 0 Å². The first-order valence-corrected chi connectivity index (χ1v) is 7.81. The van der Waals surface area contributed by atoms with Crippen LogP contribution in [0.15, 0.2) is 42.6 Å². The fourth-order valence-electron chi connectivity index (χ4n) is 2.56. The maximum atomic E-state index is 12.6. The van der Waals surface area contributed by atoms with Crippen molar-refractivity contribution >= 4 is 28.4 Å². The van der Waals surface area contributed by atoms with Crippen LogP contribution in [0.25, 0.3) is 10.9 Å². The van der Waals surface area contributed by atoms with Gasteiger partial charge < -0.3 is 10.1 Å². The Balaban J connectivity index is 1.88. The fourth-order valence-corrected chi connectivity index (χ4v) is 2.79. The number of ether oxygens (including phenoxy) is 1. The maximum Gasteiger partial charge on any atom is 0.270 e. The van der Waals surface area contributed by atoms with Gasteiger partial charge in [-0.2, -0.15) is 5.10 Å². The summed E-state index contributed by atoms with van der Waals surface area (Å²) in [7, 11) is 3.40. The molecule has 0 aliphatic heterocycles. The minimum Gasteiger partial charge on any atom is -0.382 e. The molecule has 0 radical (unpaired) electrons. The number of pyridine rings is 1. The molecule has 3 rings (SSSR count). The number of benzene rings is 1. The lowest BCUT2D eigenvalue weighted by molar-refractivity contribution is 0.0887. The topological polar surface area (TPSA) is 69.0 Å². The minimum absolute atomic E-state index is 0.292. The molecule has 1 aromatic carbocycles. The van der Waals surface area contributed by atoms with Crippen LogP contribution in [0, 0.1) is 0 Å². The second-order valence-corrected chi connectivity index (χ2v) is 5.78. The second kappa shape index (κ2) is 6.98. The SMILES string of the molecule is COC[C@H](NC(=O)c1ccc2cccc(Cl)c2n1)c1ccnn1C. The maximum absolute atomic E-state index is 12.6. The van der Waals surface area contributed by atoms with Crippen LogP contribution in [0.1, 0.15) is 22.2 Å². The molecule has 0 fully saturated rings. The second-order valence-electron chi connectivity index (χ2n) is 5.37. The number of halogens is 1. The first kappa shape index (κ1) is 16.4. The van der Waals surface area contributed by atoms with Crippen molar-refractivity contribution in [3.05, 3.63) is 59.0 Å². The highest BCUT2D eigenvalue weighted by Gasteiger charge is 2.19. The lowest BCUT2D eigenvalue weighted by Gasteiger charge is -2.18. The number of aryl methyl sites for hydroxylation is 1. The van der Waals surface area contributed by atoms with E-state index in [0.29, 0.717) is 22.8 Å². The van der Waals surface area contributed by atoms with E-state index >= 15 is 0 Å². The summed E-state index contributed by atoms with van der Waals surface area (Å²) in [5.74, 6) is -0.292. The van der Waals surface area contributed by atoms with Gasteiger partial charge in [-0.3, -0.25) is 9.48 Å². The molecule has 24 heavy (non-hydrogen) atoms. The first-order valence-electron chi connectivity index (χ1n) is 7.43. The number of nitrogens with zero attached hydrogens (tertiary/aromatic N) is 3. The summed E-state index contributed by atoms with van der Waals surface area (Å²) in [5.41, 5.74) is 1.76. The Labute approximate surface area is 144 Å². The van der Waals surface area contributed by atoms with Crippen molar-refractivity contribution in [1.82, 2.24) is 20.1 Å². The number of carbonyl (C=O) groups excluding carboxylic acids is 1. The van der Waals surface area contributed by atoms with Gasteiger partial charge in [-0.25, -0.2) is 4.98 Å². The van der Waals surface area contributed by atoms with E-state index < -0.39 is 0 Å². The number of hydrogen-bond acceptors (Lipinski definition) is 4. The van der Waals surface area contributed by atoms with Crippen molar-refractivity contribution in [3.8, 4) is 0 Å². The monoisotopic (exact) mass is 344 g/mol. The number of fused-ring (bicyclic) bond motifs is 1. The lowest BCUT2D eigenvalue weighted by Crippen LogP contribution is -2.33. The van der Waals surface area contributed by atoms with Crippen molar-refractivity contribution < 1.29 is 9.53 Å². The van der Waals surface area contributed by atoms with E-state index in [9.17, 15) is 4.79 Å². The molecule has 0 aliphatic carbocycles. The number of para-hydroxylation sites is 1. The molecule has 1 amide bonds. The van der Waals surface area contributed by atoms with E-state index in [1.807, 2.05) is 31.3 Å². The van der Waals surface area contributed by atoms with E-state index in [1.54, 1.807) is 30.1 Å². The van der Waals surface area contributed by atoms with Crippen LogP contribution in [0.4, 0.5) is 0 Å². The highest BCUT2D eigenvalue weighted by molar-refractivity contribution is 6.35. The van der Waals surface area contributed by atoms with E-state index in [0.717, 1.165) is 11.1 Å². The number of carbonyl (C=O) groups is 1. The van der Waals surface area contributed by atoms with Gasteiger partial charge in [-0.15, -0.1) is 0 Å². The Bertz CT molecular complexity index is 878. The quantitative estimate of drug-likeness (QED) is 0.772. The summed E-state index contributed by atoms with van der Waals surface area (Å²) in [6, 6.07) is 10.5. The third-order valence-electron chi connectivity index (χ3n) is 3.76. The average molecular weight is 345 g/mol. The molecule has 2 aromatic heterocycles. The van der Waals surface area contributed by atoms with Gasteiger partial charge in [0, 0.05) is 25.7 Å². The van der Waals surface area contributed by atoms with Gasteiger partial charge in [0.25, 0.3) is 5.91 Å². The summed E-state index contributed by atoms with van der Waals surface area (Å²) in [4.78, 5) is 17.0. The zero-order valence-corrected chi connectivity index (χ0v) is 14.1. The normalized spacial score (nSPS) is 12.3. The first-order chi connectivity index (χ1) is 11.6. The molecule has 0 unspecified atom stereocenters.